The molecule has 6 heteroatoms. The van der Waals surface area contributed by atoms with Gasteiger partial charge in [0, 0.05) is 6.54 Å². The number of rotatable bonds is 13. The summed E-state index contributed by atoms with van der Waals surface area (Å²) in [6, 6.07) is 8.50. The van der Waals surface area contributed by atoms with E-state index >= 15 is 0 Å². The summed E-state index contributed by atoms with van der Waals surface area (Å²) in [5.41, 5.74) is 1.46. The predicted octanol–water partition coefficient (Wildman–Crippen LogP) is 4.37. The molecule has 0 radical (unpaired) electrons. The van der Waals surface area contributed by atoms with E-state index in [2.05, 4.69) is 5.32 Å². The van der Waals surface area contributed by atoms with E-state index in [1.165, 1.54) is 30.3 Å². The maximum Gasteiger partial charge on any atom is 0.123 e. The number of ether oxygens (including phenoxy) is 1. The average molecular weight is 408 g/mol. The number of benzene rings is 2. The van der Waals surface area contributed by atoms with Gasteiger partial charge in [0.25, 0.3) is 0 Å². The molecule has 2 aromatic rings. The number of methoxy groups -OCH3 is 1. The molecule has 0 saturated heterocycles. The van der Waals surface area contributed by atoms with E-state index in [0.29, 0.717) is 37.1 Å². The van der Waals surface area contributed by atoms with Crippen molar-refractivity contribution in [3.05, 3.63) is 59.2 Å². The van der Waals surface area contributed by atoms with Crippen LogP contribution in [0.5, 0.6) is 11.5 Å². The van der Waals surface area contributed by atoms with Crippen LogP contribution in [0.15, 0.2) is 36.4 Å². The summed E-state index contributed by atoms with van der Waals surface area (Å²) in [7, 11) is 1.57. The molecule has 0 amide bonds. The third kappa shape index (κ3) is 8.38. The molecule has 2 rings (SSSR count). The second-order valence-electron chi connectivity index (χ2n) is 7.29. The Labute approximate surface area is 171 Å². The Balaban J connectivity index is 1.53. The number of halogens is 2. The average Bonchev–Trinajstić information content (AvgIpc) is 2.70. The van der Waals surface area contributed by atoms with Gasteiger partial charge < -0.3 is 20.3 Å². The highest BCUT2D eigenvalue weighted by molar-refractivity contribution is 5.34. The number of hydrogen-bond donors (Lipinski definition) is 3. The summed E-state index contributed by atoms with van der Waals surface area (Å²) >= 11 is 0. The number of phenols is 1. The molecule has 0 saturated carbocycles. The number of unbranched alkanes of at least 4 members (excludes halogenated alkanes) is 2. The zero-order valence-electron chi connectivity index (χ0n) is 17.0. The lowest BCUT2D eigenvalue weighted by Crippen LogP contribution is -2.27. The number of aromatic hydroxyl groups is 1. The smallest absolute Gasteiger partial charge is 0.123 e. The third-order valence-electron chi connectivity index (χ3n) is 4.95. The fourth-order valence-corrected chi connectivity index (χ4v) is 3.34. The molecule has 160 valence electrons. The molecule has 0 bridgehead atoms. The van der Waals surface area contributed by atoms with E-state index in [1.807, 2.05) is 0 Å². The molecule has 0 aliphatic heterocycles. The van der Waals surface area contributed by atoms with Crippen LogP contribution in [0.2, 0.25) is 0 Å². The van der Waals surface area contributed by atoms with E-state index in [0.717, 1.165) is 37.8 Å². The highest BCUT2D eigenvalue weighted by atomic mass is 19.1. The molecule has 3 N–H and O–H groups in total. The van der Waals surface area contributed by atoms with Crippen LogP contribution in [0.25, 0.3) is 0 Å². The Hall–Kier alpha value is -2.18. The number of aryl methyl sites for hydroxylation is 2. The molecule has 0 unspecified atom stereocenters. The number of aliphatic hydroxyl groups is 1. The van der Waals surface area contributed by atoms with Gasteiger partial charge in [0.1, 0.15) is 23.1 Å². The van der Waals surface area contributed by atoms with Crippen molar-refractivity contribution >= 4 is 0 Å². The SMILES string of the molecule is COc1ccc(F)cc1CCC[C@H](O)CNCCCCCc1cc(F)ccc1O. The molecule has 0 aliphatic rings. The molecule has 29 heavy (non-hydrogen) atoms. The van der Waals surface area contributed by atoms with Crippen LogP contribution >= 0.6 is 0 Å². The number of aliphatic hydroxyl groups excluding tert-OH is 1. The largest absolute Gasteiger partial charge is 0.508 e. The molecule has 0 spiro atoms. The lowest BCUT2D eigenvalue weighted by atomic mass is 10.0. The molecular formula is C23H31F2NO3. The monoisotopic (exact) mass is 407 g/mol. The van der Waals surface area contributed by atoms with E-state index in [-0.39, 0.29) is 17.4 Å². The Morgan fingerprint density at radius 3 is 2.38 bits per heavy atom. The minimum atomic E-state index is -0.446. The third-order valence-corrected chi connectivity index (χ3v) is 4.95. The van der Waals surface area contributed by atoms with Gasteiger partial charge in [-0.2, -0.15) is 0 Å². The summed E-state index contributed by atoms with van der Waals surface area (Å²) in [6.07, 6.45) is 5.02. The first-order valence-electron chi connectivity index (χ1n) is 10.2. The summed E-state index contributed by atoms with van der Waals surface area (Å²) in [4.78, 5) is 0. The first-order chi connectivity index (χ1) is 14.0. The van der Waals surface area contributed by atoms with E-state index in [1.54, 1.807) is 13.2 Å². The second kappa shape index (κ2) is 12.4. The van der Waals surface area contributed by atoms with Gasteiger partial charge in [-0.05, 0) is 92.6 Å². The minimum absolute atomic E-state index is 0.142. The molecular weight excluding hydrogens is 376 g/mol. The highest BCUT2D eigenvalue weighted by Crippen LogP contribution is 2.22. The molecule has 0 aliphatic carbocycles. The fourth-order valence-electron chi connectivity index (χ4n) is 3.34. The van der Waals surface area contributed by atoms with Crippen LogP contribution in [0.1, 0.15) is 43.2 Å². The van der Waals surface area contributed by atoms with E-state index in [9.17, 15) is 19.0 Å². The maximum atomic E-state index is 13.4. The lowest BCUT2D eigenvalue weighted by molar-refractivity contribution is 0.159. The first-order valence-corrected chi connectivity index (χ1v) is 10.2. The summed E-state index contributed by atoms with van der Waals surface area (Å²) < 4.78 is 31.8. The van der Waals surface area contributed by atoms with E-state index < -0.39 is 6.10 Å². The molecule has 2 aromatic carbocycles. The van der Waals surface area contributed by atoms with Crippen molar-refractivity contribution in [2.24, 2.45) is 0 Å². The fraction of sp³-hybridized carbons (Fsp3) is 0.478. The lowest BCUT2D eigenvalue weighted by Gasteiger charge is -2.13. The van der Waals surface area contributed by atoms with Crippen LogP contribution in [0.4, 0.5) is 8.78 Å². The number of nitrogens with one attached hydrogen (secondary N) is 1. The first kappa shape index (κ1) is 23.1. The van der Waals surface area contributed by atoms with Gasteiger partial charge in [-0.1, -0.05) is 6.42 Å². The Bertz CT molecular complexity index is 755. The number of phenolic OH excluding ortho intramolecular Hbond substituents is 1. The highest BCUT2D eigenvalue weighted by Gasteiger charge is 2.08. The van der Waals surface area contributed by atoms with Gasteiger partial charge in [0.05, 0.1) is 13.2 Å². The summed E-state index contributed by atoms with van der Waals surface area (Å²) in [6.45, 7) is 1.31. The molecule has 0 aromatic heterocycles. The quantitative estimate of drug-likeness (QED) is 0.432. The van der Waals surface area contributed by atoms with Crippen molar-refractivity contribution in [2.45, 2.75) is 51.0 Å². The molecule has 0 heterocycles. The van der Waals surface area contributed by atoms with Crippen LogP contribution in [0, 0.1) is 11.6 Å². The molecule has 0 fully saturated rings. The zero-order chi connectivity index (χ0) is 21.1. The van der Waals surface area contributed by atoms with E-state index in [4.69, 9.17) is 4.74 Å². The molecule has 4 nitrogen and oxygen atoms in total. The summed E-state index contributed by atoms with van der Waals surface area (Å²) in [5, 5.41) is 23.0. The standard InChI is InChI=1S/C23H31F2NO3/c1-29-23-12-10-20(25)15-18(23)7-5-8-21(27)16-26-13-4-2-3-6-17-14-19(24)9-11-22(17)28/h9-12,14-15,21,26-28H,2-8,13,16H2,1H3/t21-/m0/s1. The predicted molar refractivity (Wildman–Crippen MR) is 110 cm³/mol. The van der Waals surface area contributed by atoms with Gasteiger partial charge in [-0.3, -0.25) is 0 Å². The Morgan fingerprint density at radius 1 is 0.931 bits per heavy atom. The van der Waals surface area contributed by atoms with Gasteiger partial charge in [0.15, 0.2) is 0 Å². The van der Waals surface area contributed by atoms with Crippen LogP contribution in [0.3, 0.4) is 0 Å². The van der Waals surface area contributed by atoms with Crippen molar-refractivity contribution in [1.29, 1.82) is 0 Å². The van der Waals surface area contributed by atoms with Gasteiger partial charge in [-0.25, -0.2) is 8.78 Å². The Kier molecular flexibility index (Phi) is 9.88. The second-order valence-corrected chi connectivity index (χ2v) is 7.29. The Morgan fingerprint density at radius 2 is 1.62 bits per heavy atom. The normalized spacial score (nSPS) is 12.1. The topological polar surface area (TPSA) is 61.7 Å². The minimum Gasteiger partial charge on any atom is -0.508 e. The van der Waals surface area contributed by atoms with Crippen LogP contribution in [-0.4, -0.2) is 36.5 Å². The van der Waals surface area contributed by atoms with Crippen molar-refractivity contribution < 1.29 is 23.7 Å². The molecule has 1 atom stereocenters. The van der Waals surface area contributed by atoms with Crippen molar-refractivity contribution in [3.63, 3.8) is 0 Å². The number of hydrogen-bond acceptors (Lipinski definition) is 4. The van der Waals surface area contributed by atoms with Gasteiger partial charge in [-0.15, -0.1) is 0 Å². The maximum absolute atomic E-state index is 13.4. The van der Waals surface area contributed by atoms with Crippen molar-refractivity contribution in [3.8, 4) is 11.5 Å². The zero-order valence-corrected chi connectivity index (χ0v) is 17.0. The van der Waals surface area contributed by atoms with Gasteiger partial charge >= 0.3 is 0 Å². The van der Waals surface area contributed by atoms with Crippen molar-refractivity contribution in [2.75, 3.05) is 20.2 Å². The van der Waals surface area contributed by atoms with Gasteiger partial charge in [0.2, 0.25) is 0 Å². The van der Waals surface area contributed by atoms with Crippen LogP contribution in [-0.2, 0) is 12.8 Å². The summed E-state index contributed by atoms with van der Waals surface area (Å²) in [5.74, 6) is 0.203. The van der Waals surface area contributed by atoms with Crippen molar-refractivity contribution in [1.82, 2.24) is 5.32 Å². The van der Waals surface area contributed by atoms with Crippen LogP contribution < -0.4 is 10.1 Å².